The number of rotatable bonds is 1. The number of ether oxygens (including phenoxy) is 1. The highest BCUT2D eigenvalue weighted by atomic mass is 16.5. The van der Waals surface area contributed by atoms with Crippen LogP contribution in [0.15, 0.2) is 18.5 Å². The Morgan fingerprint density at radius 1 is 1.09 bits per heavy atom. The van der Waals surface area contributed by atoms with Crippen LogP contribution in [-0.4, -0.2) is 77.8 Å². The van der Waals surface area contributed by atoms with E-state index in [-0.39, 0.29) is 12.1 Å². The summed E-state index contributed by atoms with van der Waals surface area (Å²) in [5.41, 5.74) is 0. The van der Waals surface area contributed by atoms with E-state index in [0.29, 0.717) is 32.2 Å². The van der Waals surface area contributed by atoms with E-state index < -0.39 is 0 Å². The number of nitrogens with zero attached hydrogens (tertiary/aromatic N) is 5. The minimum absolute atomic E-state index is 0.179. The molecular weight excluding hydrogens is 294 g/mol. The van der Waals surface area contributed by atoms with E-state index in [9.17, 15) is 4.79 Å². The summed E-state index contributed by atoms with van der Waals surface area (Å²) in [6.07, 6.45) is 5.82. The fourth-order valence-electron chi connectivity index (χ4n) is 3.87. The van der Waals surface area contributed by atoms with Crippen LogP contribution in [0.4, 0.5) is 10.7 Å². The molecule has 4 aliphatic rings. The lowest BCUT2D eigenvalue weighted by atomic mass is 9.95. The van der Waals surface area contributed by atoms with Gasteiger partial charge in [0.1, 0.15) is 0 Å². The number of hydrogen-bond acceptors (Lipinski definition) is 5. The van der Waals surface area contributed by atoms with Gasteiger partial charge in [-0.05, 0) is 24.8 Å². The van der Waals surface area contributed by atoms with Gasteiger partial charge in [0, 0.05) is 45.1 Å². The average Bonchev–Trinajstić information content (AvgIpc) is 2.94. The predicted octanol–water partition coefficient (Wildman–Crippen LogP) is 0.829. The van der Waals surface area contributed by atoms with Crippen LogP contribution in [0.5, 0.6) is 0 Å². The maximum atomic E-state index is 12.9. The van der Waals surface area contributed by atoms with E-state index in [2.05, 4.69) is 19.8 Å². The number of piperidine rings is 1. The van der Waals surface area contributed by atoms with Crippen molar-refractivity contribution >= 4 is 12.0 Å². The Hall–Kier alpha value is -1.89. The molecule has 2 amide bonds. The smallest absolute Gasteiger partial charge is 0.320 e. The van der Waals surface area contributed by atoms with E-state index in [1.54, 1.807) is 12.4 Å². The van der Waals surface area contributed by atoms with Gasteiger partial charge >= 0.3 is 6.03 Å². The van der Waals surface area contributed by atoms with Crippen LogP contribution in [0.1, 0.15) is 12.8 Å². The molecule has 4 saturated heterocycles. The van der Waals surface area contributed by atoms with Gasteiger partial charge in [-0.15, -0.1) is 0 Å². The number of aromatic nitrogens is 2. The Morgan fingerprint density at radius 2 is 1.87 bits per heavy atom. The lowest BCUT2D eigenvalue weighted by Crippen LogP contribution is -2.55. The molecule has 0 aliphatic carbocycles. The van der Waals surface area contributed by atoms with Gasteiger partial charge in [0.15, 0.2) is 0 Å². The van der Waals surface area contributed by atoms with Crippen LogP contribution in [0.25, 0.3) is 0 Å². The second kappa shape index (κ2) is 6.31. The SMILES string of the molecule is O=C(N1CCOCC1)N1C[C@H]2CC[C@@H]1CN(c1ncccn1)C2. The summed E-state index contributed by atoms with van der Waals surface area (Å²) in [5.74, 6) is 1.28. The lowest BCUT2D eigenvalue weighted by Gasteiger charge is -2.40. The van der Waals surface area contributed by atoms with Gasteiger partial charge in [0.05, 0.1) is 19.3 Å². The third-order valence-corrected chi connectivity index (χ3v) is 5.08. The summed E-state index contributed by atoms with van der Waals surface area (Å²) in [6, 6.07) is 2.27. The normalized spacial score (nSPS) is 27.9. The second-order valence-electron chi connectivity index (χ2n) is 6.59. The zero-order chi connectivity index (χ0) is 15.6. The number of hydrogen-bond donors (Lipinski definition) is 0. The number of morpholine rings is 1. The number of carbonyl (C=O) groups excluding carboxylic acids is 1. The molecule has 0 N–H and O–H groups in total. The van der Waals surface area contributed by atoms with Crippen LogP contribution in [0.3, 0.4) is 0 Å². The maximum absolute atomic E-state index is 12.9. The molecule has 23 heavy (non-hydrogen) atoms. The molecular formula is C16H23N5O2. The van der Waals surface area contributed by atoms with Gasteiger partial charge in [0.25, 0.3) is 0 Å². The van der Waals surface area contributed by atoms with Crippen LogP contribution in [0.2, 0.25) is 0 Å². The van der Waals surface area contributed by atoms with Crippen molar-refractivity contribution in [3.63, 3.8) is 0 Å². The van der Waals surface area contributed by atoms with Crippen LogP contribution in [-0.2, 0) is 4.74 Å². The first-order chi connectivity index (χ1) is 11.3. The van der Waals surface area contributed by atoms with Crippen molar-refractivity contribution in [2.24, 2.45) is 5.92 Å². The maximum Gasteiger partial charge on any atom is 0.320 e. The minimum atomic E-state index is 0.179. The van der Waals surface area contributed by atoms with Crippen molar-refractivity contribution in [2.75, 3.05) is 50.8 Å². The standard InChI is InChI=1S/C16H23N5O2/c22-16(19-6-8-23-9-7-19)21-11-13-2-3-14(21)12-20(10-13)15-17-4-1-5-18-15/h1,4-5,13-14H,2-3,6-12H2/t13-,14+/m0/s1. The molecule has 7 heteroatoms. The Bertz CT molecular complexity index is 549. The van der Waals surface area contributed by atoms with Crippen molar-refractivity contribution in [3.8, 4) is 0 Å². The fourth-order valence-corrected chi connectivity index (χ4v) is 3.87. The quantitative estimate of drug-likeness (QED) is 0.768. The summed E-state index contributed by atoms with van der Waals surface area (Å²) in [6.45, 7) is 5.33. The fraction of sp³-hybridized carbons (Fsp3) is 0.688. The van der Waals surface area contributed by atoms with Gasteiger partial charge in [-0.1, -0.05) is 0 Å². The molecule has 4 aliphatic heterocycles. The highest BCUT2D eigenvalue weighted by molar-refractivity contribution is 5.75. The highest BCUT2D eigenvalue weighted by Gasteiger charge is 2.39. The second-order valence-corrected chi connectivity index (χ2v) is 6.59. The molecule has 0 aromatic carbocycles. The number of carbonyl (C=O) groups is 1. The first kappa shape index (κ1) is 14.7. The summed E-state index contributed by atoms with van der Waals surface area (Å²) < 4.78 is 5.36. The lowest BCUT2D eigenvalue weighted by molar-refractivity contribution is 0.0345. The number of anilines is 1. The van der Waals surface area contributed by atoms with E-state index in [0.717, 1.165) is 32.0 Å². The molecule has 0 unspecified atom stereocenters. The van der Waals surface area contributed by atoms with Gasteiger partial charge in [-0.25, -0.2) is 14.8 Å². The Balaban J connectivity index is 1.50. The first-order valence-corrected chi connectivity index (χ1v) is 8.46. The molecule has 0 radical (unpaired) electrons. The number of fused-ring (bicyclic) bond motifs is 4. The molecule has 2 bridgehead atoms. The monoisotopic (exact) mass is 317 g/mol. The van der Waals surface area contributed by atoms with Crippen molar-refractivity contribution < 1.29 is 9.53 Å². The van der Waals surface area contributed by atoms with Gasteiger partial charge in [-0.3, -0.25) is 0 Å². The summed E-state index contributed by atoms with van der Waals surface area (Å²) in [7, 11) is 0. The molecule has 7 nitrogen and oxygen atoms in total. The highest BCUT2D eigenvalue weighted by Crippen LogP contribution is 2.30. The van der Waals surface area contributed by atoms with Gasteiger partial charge in [-0.2, -0.15) is 0 Å². The summed E-state index contributed by atoms with van der Waals surface area (Å²) in [5, 5.41) is 0. The van der Waals surface area contributed by atoms with Gasteiger partial charge in [0.2, 0.25) is 5.95 Å². The van der Waals surface area contributed by atoms with E-state index in [4.69, 9.17) is 4.74 Å². The molecule has 2 atom stereocenters. The zero-order valence-corrected chi connectivity index (χ0v) is 13.3. The largest absolute Gasteiger partial charge is 0.378 e. The van der Waals surface area contributed by atoms with E-state index in [1.807, 2.05) is 11.0 Å². The minimum Gasteiger partial charge on any atom is -0.378 e. The van der Waals surface area contributed by atoms with Crippen LogP contribution < -0.4 is 4.90 Å². The zero-order valence-electron chi connectivity index (χ0n) is 13.3. The van der Waals surface area contributed by atoms with E-state index in [1.165, 1.54) is 6.42 Å². The molecule has 5 rings (SSSR count). The van der Waals surface area contributed by atoms with Crippen molar-refractivity contribution in [3.05, 3.63) is 18.5 Å². The molecule has 0 spiro atoms. The number of amides is 2. The molecule has 1 aromatic heterocycles. The topological polar surface area (TPSA) is 61.8 Å². The molecule has 124 valence electrons. The predicted molar refractivity (Wildman–Crippen MR) is 85.3 cm³/mol. The Morgan fingerprint density at radius 3 is 2.65 bits per heavy atom. The Kier molecular flexibility index (Phi) is 4.03. The summed E-state index contributed by atoms with van der Waals surface area (Å²) >= 11 is 0. The van der Waals surface area contributed by atoms with Crippen LogP contribution in [0, 0.1) is 5.92 Å². The molecule has 4 fully saturated rings. The van der Waals surface area contributed by atoms with Crippen LogP contribution >= 0.6 is 0 Å². The molecule has 1 aromatic rings. The molecule has 0 saturated carbocycles. The Labute approximate surface area is 136 Å². The van der Waals surface area contributed by atoms with Crippen molar-refractivity contribution in [1.82, 2.24) is 19.8 Å². The third-order valence-electron chi connectivity index (χ3n) is 5.08. The van der Waals surface area contributed by atoms with Crippen molar-refractivity contribution in [1.29, 1.82) is 0 Å². The summed E-state index contributed by atoms with van der Waals surface area (Å²) in [4.78, 5) is 27.9. The van der Waals surface area contributed by atoms with Crippen molar-refractivity contribution in [2.45, 2.75) is 18.9 Å². The van der Waals surface area contributed by atoms with E-state index >= 15 is 0 Å². The first-order valence-electron chi connectivity index (χ1n) is 8.46. The average molecular weight is 317 g/mol. The van der Waals surface area contributed by atoms with Gasteiger partial charge < -0.3 is 19.4 Å². The third kappa shape index (κ3) is 2.97. The molecule has 5 heterocycles. The number of urea groups is 1.